The second-order valence-electron chi connectivity index (χ2n) is 5.46. The zero-order valence-corrected chi connectivity index (χ0v) is 13.0. The first kappa shape index (κ1) is 18.4. The number of hydrogen-bond acceptors (Lipinski definition) is 7. The molecule has 1 saturated heterocycles. The quantitative estimate of drug-likeness (QED) is 0.292. The second-order valence-corrected chi connectivity index (χ2v) is 5.46. The second kappa shape index (κ2) is 8.23. The van der Waals surface area contributed by atoms with E-state index >= 15 is 0 Å². The number of aromatic amines is 1. The summed E-state index contributed by atoms with van der Waals surface area (Å²) in [5.41, 5.74) is 4.31. The Morgan fingerprint density at radius 2 is 2.04 bits per heavy atom. The van der Waals surface area contributed by atoms with Crippen molar-refractivity contribution >= 4 is 0 Å². The van der Waals surface area contributed by atoms with Crippen LogP contribution >= 0.6 is 0 Å². The number of aryl methyl sites for hydroxylation is 1. The zero-order chi connectivity index (χ0) is 17.7. The number of hydrogen-bond donors (Lipinski definition) is 5. The first-order valence-corrected chi connectivity index (χ1v) is 7.62. The van der Waals surface area contributed by atoms with E-state index in [4.69, 9.17) is 15.6 Å². The molecule has 0 aliphatic carbocycles. The van der Waals surface area contributed by atoms with Gasteiger partial charge < -0.3 is 25.8 Å². The molecule has 4 atom stereocenters. The summed E-state index contributed by atoms with van der Waals surface area (Å²) in [4.78, 5) is 26.0. The normalized spacial score (nSPS) is 26.2. The lowest BCUT2D eigenvalue weighted by molar-refractivity contribution is -0.0551. The molecule has 0 bridgehead atoms. The number of aromatic nitrogens is 2. The van der Waals surface area contributed by atoms with Crippen LogP contribution < -0.4 is 17.0 Å². The van der Waals surface area contributed by atoms with Crippen molar-refractivity contribution in [1.82, 2.24) is 9.55 Å². The molecule has 0 spiro atoms. The lowest BCUT2D eigenvalue weighted by Crippen LogP contribution is -2.38. The van der Waals surface area contributed by atoms with Gasteiger partial charge >= 0.3 is 5.69 Å². The molecule has 1 aromatic heterocycles. The van der Waals surface area contributed by atoms with E-state index in [9.17, 15) is 19.8 Å². The third-order valence-corrected chi connectivity index (χ3v) is 3.81. The number of aliphatic hydroxyl groups is 3. The van der Waals surface area contributed by atoms with Crippen LogP contribution in [0.25, 0.3) is 0 Å². The number of nitrogens with zero attached hydrogens (tertiary/aromatic N) is 1. The van der Waals surface area contributed by atoms with Gasteiger partial charge in [-0.25, -0.2) is 4.79 Å². The summed E-state index contributed by atoms with van der Waals surface area (Å²) in [6, 6.07) is 0. The van der Waals surface area contributed by atoms with Crippen LogP contribution in [0.15, 0.2) is 15.8 Å². The fourth-order valence-electron chi connectivity index (χ4n) is 2.53. The first-order chi connectivity index (χ1) is 11.5. The van der Waals surface area contributed by atoms with E-state index in [-0.39, 0.29) is 6.54 Å². The molecule has 0 radical (unpaired) electrons. The summed E-state index contributed by atoms with van der Waals surface area (Å²) in [5, 5.41) is 28.9. The Labute approximate surface area is 137 Å². The van der Waals surface area contributed by atoms with Crippen molar-refractivity contribution in [2.75, 3.05) is 13.2 Å². The molecule has 0 saturated carbocycles. The minimum Gasteiger partial charge on any atom is -0.394 e. The van der Waals surface area contributed by atoms with Gasteiger partial charge in [-0.15, -0.1) is 5.92 Å². The third-order valence-electron chi connectivity index (χ3n) is 3.81. The highest BCUT2D eigenvalue weighted by atomic mass is 16.6. The largest absolute Gasteiger partial charge is 0.394 e. The molecule has 24 heavy (non-hydrogen) atoms. The van der Waals surface area contributed by atoms with Gasteiger partial charge in [0.1, 0.15) is 18.3 Å². The monoisotopic (exact) mass is 339 g/mol. The van der Waals surface area contributed by atoms with Gasteiger partial charge in [-0.2, -0.15) is 0 Å². The summed E-state index contributed by atoms with van der Waals surface area (Å²) in [5.74, 6) is 5.57. The van der Waals surface area contributed by atoms with Crippen LogP contribution in [-0.2, 0) is 11.2 Å². The number of nitrogens with one attached hydrogen (secondary N) is 1. The van der Waals surface area contributed by atoms with Gasteiger partial charge in [0, 0.05) is 18.2 Å². The fraction of sp³-hybridized carbons (Fsp3) is 0.600. The Balaban J connectivity index is 2.20. The van der Waals surface area contributed by atoms with Gasteiger partial charge in [0.2, 0.25) is 0 Å². The first-order valence-electron chi connectivity index (χ1n) is 7.62. The molecule has 0 amide bonds. The van der Waals surface area contributed by atoms with Crippen molar-refractivity contribution in [2.24, 2.45) is 5.73 Å². The summed E-state index contributed by atoms with van der Waals surface area (Å²) >= 11 is 0. The molecular formula is C15H21N3O6. The summed E-state index contributed by atoms with van der Waals surface area (Å²) in [6.45, 7) is -0.226. The number of aliphatic hydroxyl groups excluding tert-OH is 3. The van der Waals surface area contributed by atoms with Crippen molar-refractivity contribution in [3.63, 3.8) is 0 Å². The van der Waals surface area contributed by atoms with Gasteiger partial charge in [0.15, 0.2) is 6.23 Å². The maximum Gasteiger partial charge on any atom is 0.330 e. The standard InChI is InChI=1S/C15H21N3O6/c16-6-4-2-1-3-5-9-7-18(15(23)17-13(9)22)14-12(21)11(20)10(8-19)24-14/h7,10-12,14,19-21H,1,3,5-6,8,16H2,(H,17,22,23)/t10-,11-,12-,14-/m1/s1. The van der Waals surface area contributed by atoms with Crippen LogP contribution in [0.1, 0.15) is 24.6 Å². The molecule has 9 heteroatoms. The summed E-state index contributed by atoms with van der Waals surface area (Å²) in [6.07, 6.45) is -2.06. The smallest absolute Gasteiger partial charge is 0.330 e. The lowest BCUT2D eigenvalue weighted by atomic mass is 10.1. The van der Waals surface area contributed by atoms with Crippen molar-refractivity contribution in [3.05, 3.63) is 32.6 Å². The zero-order valence-electron chi connectivity index (χ0n) is 13.0. The number of unbranched alkanes of at least 4 members (excludes halogenated alkanes) is 1. The molecule has 1 aliphatic rings. The topological polar surface area (TPSA) is 151 Å². The molecule has 1 fully saturated rings. The number of H-pyrrole nitrogens is 1. The molecule has 1 aliphatic heterocycles. The minimum atomic E-state index is -1.39. The van der Waals surface area contributed by atoms with Crippen molar-refractivity contribution in [1.29, 1.82) is 0 Å². The molecule has 0 aromatic carbocycles. The Morgan fingerprint density at radius 1 is 1.29 bits per heavy atom. The SMILES string of the molecule is NCC#CCCCc1cn([C@@H]2O[C@H](CO)[C@@H](O)[C@H]2O)c(=O)[nH]c1=O. The lowest BCUT2D eigenvalue weighted by Gasteiger charge is -2.17. The van der Waals surface area contributed by atoms with Crippen molar-refractivity contribution in [2.45, 2.75) is 43.8 Å². The van der Waals surface area contributed by atoms with Crippen LogP contribution in [0.4, 0.5) is 0 Å². The van der Waals surface area contributed by atoms with Gasteiger partial charge in [0.05, 0.1) is 13.2 Å². The third kappa shape index (κ3) is 3.92. The Kier molecular flexibility index (Phi) is 6.30. The van der Waals surface area contributed by atoms with Crippen LogP contribution in [0.5, 0.6) is 0 Å². The minimum absolute atomic E-state index is 0.275. The molecule has 6 N–H and O–H groups in total. The van der Waals surface area contributed by atoms with Crippen LogP contribution in [0.2, 0.25) is 0 Å². The molecule has 9 nitrogen and oxygen atoms in total. The maximum absolute atomic E-state index is 12.0. The predicted octanol–water partition coefficient (Wildman–Crippen LogP) is -2.57. The van der Waals surface area contributed by atoms with Gasteiger partial charge in [-0.1, -0.05) is 5.92 Å². The number of nitrogens with two attached hydrogens (primary N) is 1. The molecule has 0 unspecified atom stereocenters. The van der Waals surface area contributed by atoms with Crippen molar-refractivity contribution in [3.8, 4) is 11.8 Å². The van der Waals surface area contributed by atoms with E-state index in [1.54, 1.807) is 0 Å². The average Bonchev–Trinajstić information content (AvgIpc) is 2.84. The van der Waals surface area contributed by atoms with Crippen LogP contribution in [-0.4, -0.2) is 56.3 Å². The maximum atomic E-state index is 12.0. The Bertz CT molecular complexity index is 731. The Hall–Kier alpha value is -1.96. The molecule has 1 aromatic rings. The highest BCUT2D eigenvalue weighted by Crippen LogP contribution is 2.28. The molecule has 132 valence electrons. The van der Waals surface area contributed by atoms with E-state index in [0.717, 1.165) is 4.57 Å². The van der Waals surface area contributed by atoms with Crippen LogP contribution in [0.3, 0.4) is 0 Å². The van der Waals surface area contributed by atoms with E-state index < -0.39 is 42.4 Å². The predicted molar refractivity (Wildman–Crippen MR) is 84.1 cm³/mol. The highest BCUT2D eigenvalue weighted by Gasteiger charge is 2.43. The van der Waals surface area contributed by atoms with E-state index in [0.29, 0.717) is 24.8 Å². The number of ether oxygens (including phenoxy) is 1. The highest BCUT2D eigenvalue weighted by molar-refractivity contribution is 5.07. The summed E-state index contributed by atoms with van der Waals surface area (Å²) < 4.78 is 6.33. The molecule has 2 rings (SSSR count). The molecule has 2 heterocycles. The van der Waals surface area contributed by atoms with E-state index in [2.05, 4.69) is 16.8 Å². The van der Waals surface area contributed by atoms with Crippen LogP contribution in [0, 0.1) is 11.8 Å². The van der Waals surface area contributed by atoms with E-state index in [1.807, 2.05) is 0 Å². The Morgan fingerprint density at radius 3 is 2.67 bits per heavy atom. The fourth-order valence-corrected chi connectivity index (χ4v) is 2.53. The molecular weight excluding hydrogens is 318 g/mol. The van der Waals surface area contributed by atoms with Crippen molar-refractivity contribution < 1.29 is 20.1 Å². The number of rotatable bonds is 5. The average molecular weight is 339 g/mol. The summed E-state index contributed by atoms with van der Waals surface area (Å²) in [7, 11) is 0. The van der Waals surface area contributed by atoms with Gasteiger partial charge in [-0.3, -0.25) is 14.3 Å². The van der Waals surface area contributed by atoms with Gasteiger partial charge in [0.25, 0.3) is 5.56 Å². The van der Waals surface area contributed by atoms with E-state index in [1.165, 1.54) is 6.20 Å². The van der Waals surface area contributed by atoms with Gasteiger partial charge in [-0.05, 0) is 12.8 Å².